The summed E-state index contributed by atoms with van der Waals surface area (Å²) in [5.41, 5.74) is -2.96. The van der Waals surface area contributed by atoms with Crippen LogP contribution in [0.1, 0.15) is 52.4 Å². The lowest BCUT2D eigenvalue weighted by Crippen LogP contribution is -2.76. The van der Waals surface area contributed by atoms with E-state index in [-0.39, 0.29) is 19.4 Å². The lowest BCUT2D eigenvalue weighted by molar-refractivity contribution is -0.297. The van der Waals surface area contributed by atoms with E-state index in [1.807, 2.05) is 6.92 Å². The monoisotopic (exact) mass is 570 g/mol. The molecule has 1 aliphatic carbocycles. The zero-order chi connectivity index (χ0) is 27.7. The van der Waals surface area contributed by atoms with Gasteiger partial charge in [0.25, 0.3) is 0 Å². The minimum Gasteiger partial charge on any atom is -0.394 e. The van der Waals surface area contributed by atoms with Crippen LogP contribution >= 0.6 is 15.6 Å². The van der Waals surface area contributed by atoms with Gasteiger partial charge in [-0.3, -0.25) is 9.05 Å². The van der Waals surface area contributed by atoms with Gasteiger partial charge in [0.2, 0.25) is 0 Å². The Bertz CT molecular complexity index is 730. The van der Waals surface area contributed by atoms with E-state index in [0.29, 0.717) is 13.0 Å². The van der Waals surface area contributed by atoms with Gasteiger partial charge in [0.1, 0.15) is 36.6 Å². The van der Waals surface area contributed by atoms with Gasteiger partial charge in [-0.15, -0.1) is 0 Å². The van der Waals surface area contributed by atoms with Gasteiger partial charge in [0.05, 0.1) is 19.3 Å². The molecule has 1 unspecified atom stereocenters. The maximum atomic E-state index is 12.0. The second-order valence-corrected chi connectivity index (χ2v) is 11.1. The summed E-state index contributed by atoms with van der Waals surface area (Å²) < 4.78 is 43.9. The van der Waals surface area contributed by atoms with Crippen molar-refractivity contribution in [2.45, 2.75) is 101 Å². The summed E-state index contributed by atoms with van der Waals surface area (Å²) in [5.74, 6) is 0. The Morgan fingerprint density at radius 3 is 1.97 bits per heavy atom. The maximum Gasteiger partial charge on any atom is 0.470 e. The van der Waals surface area contributed by atoms with Crippen molar-refractivity contribution in [3.8, 4) is 0 Å². The molecule has 1 saturated carbocycles. The van der Waals surface area contributed by atoms with Crippen LogP contribution < -0.4 is 0 Å². The number of rotatable bonds is 17. The SMILES string of the molecule is CCCCCOC[C@H](CO)OC(CCCC)[C@]1(OP(=O)(O)O)[C@@H](O)[C@H](O)[C@@H](O)[C@H](OP(=O)(O)O)[C@@H]1O. The minimum atomic E-state index is -5.61. The van der Waals surface area contributed by atoms with Crippen molar-refractivity contribution in [3.05, 3.63) is 0 Å². The molecular formula is C19H40O15P2. The van der Waals surface area contributed by atoms with E-state index < -0.39 is 70.6 Å². The van der Waals surface area contributed by atoms with E-state index in [4.69, 9.17) is 14.0 Å². The molecule has 1 rings (SSSR count). The fourth-order valence-electron chi connectivity index (χ4n) is 4.12. The molecule has 0 spiro atoms. The Morgan fingerprint density at radius 1 is 0.861 bits per heavy atom. The van der Waals surface area contributed by atoms with E-state index in [9.17, 15) is 54.2 Å². The molecule has 0 bridgehead atoms. The van der Waals surface area contributed by atoms with E-state index >= 15 is 0 Å². The summed E-state index contributed by atoms with van der Waals surface area (Å²) in [7, 11) is -11.0. The number of hydrogen-bond acceptors (Lipinski definition) is 11. The number of unbranched alkanes of at least 4 members (excludes halogenated alkanes) is 3. The Labute approximate surface area is 209 Å². The molecule has 0 saturated heterocycles. The third-order valence-electron chi connectivity index (χ3n) is 5.86. The van der Waals surface area contributed by atoms with Gasteiger partial charge in [0.15, 0.2) is 5.60 Å². The van der Waals surface area contributed by atoms with Crippen molar-refractivity contribution in [2.24, 2.45) is 0 Å². The van der Waals surface area contributed by atoms with Gasteiger partial charge in [-0.05, 0) is 12.8 Å². The normalized spacial score (nSPS) is 31.4. The van der Waals surface area contributed by atoms with Crippen molar-refractivity contribution in [2.75, 3.05) is 19.8 Å². The predicted molar refractivity (Wildman–Crippen MR) is 122 cm³/mol. The van der Waals surface area contributed by atoms with Crippen LogP contribution in [-0.2, 0) is 27.7 Å². The van der Waals surface area contributed by atoms with Crippen molar-refractivity contribution in [1.82, 2.24) is 0 Å². The number of ether oxygens (including phenoxy) is 2. The number of aliphatic hydroxyl groups excluding tert-OH is 5. The fraction of sp³-hybridized carbons (Fsp3) is 1.00. The number of aliphatic hydroxyl groups is 5. The zero-order valence-corrected chi connectivity index (χ0v) is 22.1. The van der Waals surface area contributed by atoms with Crippen molar-refractivity contribution in [3.63, 3.8) is 0 Å². The van der Waals surface area contributed by atoms with Crippen molar-refractivity contribution in [1.29, 1.82) is 0 Å². The highest BCUT2D eigenvalue weighted by Gasteiger charge is 2.66. The molecule has 9 N–H and O–H groups in total. The molecule has 0 aromatic heterocycles. The van der Waals surface area contributed by atoms with Gasteiger partial charge < -0.3 is 54.6 Å². The molecule has 17 heteroatoms. The molecule has 0 heterocycles. The number of phosphoric ester groups is 2. The van der Waals surface area contributed by atoms with Gasteiger partial charge in [-0.1, -0.05) is 39.5 Å². The van der Waals surface area contributed by atoms with Gasteiger partial charge in [-0.2, -0.15) is 0 Å². The highest BCUT2D eigenvalue weighted by atomic mass is 31.2. The quantitative estimate of drug-likeness (QED) is 0.0744. The summed E-state index contributed by atoms with van der Waals surface area (Å²) in [6, 6.07) is 0. The molecule has 36 heavy (non-hydrogen) atoms. The summed E-state index contributed by atoms with van der Waals surface area (Å²) in [5, 5.41) is 52.4. The van der Waals surface area contributed by atoms with E-state index in [2.05, 4.69) is 4.52 Å². The smallest absolute Gasteiger partial charge is 0.394 e. The Kier molecular flexibility index (Phi) is 14.1. The number of hydrogen-bond donors (Lipinski definition) is 9. The van der Waals surface area contributed by atoms with Crippen LogP contribution in [-0.4, -0.2) is 113 Å². The van der Waals surface area contributed by atoms with Crippen LogP contribution in [0.25, 0.3) is 0 Å². The topological polar surface area (TPSA) is 253 Å². The van der Waals surface area contributed by atoms with Crippen LogP contribution in [0.15, 0.2) is 0 Å². The predicted octanol–water partition coefficient (Wildman–Crippen LogP) is -1.09. The highest BCUT2D eigenvalue weighted by Crippen LogP contribution is 2.52. The van der Waals surface area contributed by atoms with E-state index in [1.54, 1.807) is 6.92 Å². The highest BCUT2D eigenvalue weighted by molar-refractivity contribution is 7.46. The molecular weight excluding hydrogens is 530 g/mol. The first-order valence-electron chi connectivity index (χ1n) is 11.7. The molecule has 0 aromatic rings. The summed E-state index contributed by atoms with van der Waals surface area (Å²) in [6.07, 6.45) is -11.6. The second kappa shape index (κ2) is 14.9. The molecule has 1 fully saturated rings. The summed E-state index contributed by atoms with van der Waals surface area (Å²) >= 11 is 0. The number of phosphoric acid groups is 2. The standard InChI is InChI=1S/C19H40O15P2/c1-3-5-7-9-31-11-12(10-20)32-13(8-6-4-2)19(34-36(28,29)30)17(23)15(22)14(21)16(18(19)24)33-35(25,26)27/h12-18,20-24H,3-11H2,1-2H3,(H2,25,26,27)(H2,28,29,30)/t12-,13?,14+,15+,16-,17-,18-,19-/m0/s1. The van der Waals surface area contributed by atoms with E-state index in [1.165, 1.54) is 0 Å². The van der Waals surface area contributed by atoms with Crippen molar-refractivity contribution < 1.29 is 72.8 Å². The first-order valence-corrected chi connectivity index (χ1v) is 14.8. The molecule has 0 aromatic carbocycles. The maximum absolute atomic E-state index is 12.0. The second-order valence-electron chi connectivity index (χ2n) is 8.72. The Morgan fingerprint density at radius 2 is 1.47 bits per heavy atom. The van der Waals surface area contributed by atoms with E-state index in [0.717, 1.165) is 19.3 Å². The average Bonchev–Trinajstić information content (AvgIpc) is 2.78. The van der Waals surface area contributed by atoms with Crippen LogP contribution in [0.3, 0.4) is 0 Å². The zero-order valence-electron chi connectivity index (χ0n) is 20.3. The third kappa shape index (κ3) is 9.60. The molecule has 0 amide bonds. The molecule has 15 nitrogen and oxygen atoms in total. The molecule has 0 aliphatic heterocycles. The van der Waals surface area contributed by atoms with Gasteiger partial charge in [-0.25, -0.2) is 9.13 Å². The molecule has 0 radical (unpaired) electrons. The van der Waals surface area contributed by atoms with Crippen LogP contribution in [0.5, 0.6) is 0 Å². The van der Waals surface area contributed by atoms with Crippen molar-refractivity contribution >= 4 is 15.6 Å². The molecule has 216 valence electrons. The lowest BCUT2D eigenvalue weighted by Gasteiger charge is -2.54. The minimum absolute atomic E-state index is 0.164. The summed E-state index contributed by atoms with van der Waals surface area (Å²) in [4.78, 5) is 37.7. The Hall–Kier alpha value is -0.0600. The molecule has 8 atom stereocenters. The van der Waals surface area contributed by atoms with Gasteiger partial charge in [0, 0.05) is 6.61 Å². The average molecular weight is 570 g/mol. The fourth-order valence-corrected chi connectivity index (χ4v) is 5.43. The first-order chi connectivity index (χ1) is 16.6. The third-order valence-corrected chi connectivity index (χ3v) is 6.93. The largest absolute Gasteiger partial charge is 0.470 e. The van der Waals surface area contributed by atoms with Crippen LogP contribution in [0, 0.1) is 0 Å². The van der Waals surface area contributed by atoms with Crippen LogP contribution in [0.4, 0.5) is 0 Å². The summed E-state index contributed by atoms with van der Waals surface area (Å²) in [6.45, 7) is 3.23. The Balaban J connectivity index is 3.48. The molecule has 1 aliphatic rings. The van der Waals surface area contributed by atoms with Crippen LogP contribution in [0.2, 0.25) is 0 Å². The lowest BCUT2D eigenvalue weighted by atomic mass is 9.70. The first kappa shape index (κ1) is 34.0. The van der Waals surface area contributed by atoms with Gasteiger partial charge >= 0.3 is 15.6 Å².